The van der Waals surface area contributed by atoms with Gasteiger partial charge in [0.05, 0.1) is 12.1 Å². The highest BCUT2D eigenvalue weighted by Crippen LogP contribution is 2.33. The number of carbonyl (C=O) groups excluding carboxylic acids is 2. The molecule has 0 unspecified atom stereocenters. The standard InChI is InChI=1S/C17H28N4O6S/c18-8-4-3-5-11(15(23)24)21(17(26)27)13(22)7-2-1-6-12-14-10(9-28-12)19-16(25)20-14/h10-12,14H,1-9,18H2,(H,23,24)(H,26,27)(H2,19,20,25)/t10-,11-,12-,14-/m0/s1. The topological polar surface area (TPSA) is 162 Å². The quantitative estimate of drug-likeness (QED) is 0.244. The average molecular weight is 417 g/mol. The number of imide groups is 1. The molecule has 4 amide bonds. The van der Waals surface area contributed by atoms with Crippen LogP contribution in [0, 0.1) is 0 Å². The first-order chi connectivity index (χ1) is 13.3. The molecule has 28 heavy (non-hydrogen) atoms. The number of nitrogens with zero attached hydrogens (tertiary/aromatic N) is 1. The normalized spacial score (nSPS) is 24.2. The molecular formula is C17H28N4O6S. The highest BCUT2D eigenvalue weighted by molar-refractivity contribution is 8.00. The predicted molar refractivity (Wildman–Crippen MR) is 103 cm³/mol. The van der Waals surface area contributed by atoms with Crippen LogP contribution in [-0.2, 0) is 9.59 Å². The van der Waals surface area contributed by atoms with E-state index in [-0.39, 0.29) is 36.2 Å². The zero-order chi connectivity index (χ0) is 20.7. The number of carbonyl (C=O) groups is 4. The molecule has 0 spiro atoms. The molecule has 0 aromatic carbocycles. The number of rotatable bonds is 11. The van der Waals surface area contributed by atoms with Gasteiger partial charge in [0.2, 0.25) is 5.91 Å². The number of nitrogens with two attached hydrogens (primary N) is 1. The molecule has 2 rings (SSSR count). The Balaban J connectivity index is 1.80. The van der Waals surface area contributed by atoms with Crippen LogP contribution in [0.3, 0.4) is 0 Å². The Morgan fingerprint density at radius 2 is 1.93 bits per heavy atom. The van der Waals surface area contributed by atoms with Crippen LogP contribution in [0.25, 0.3) is 0 Å². The van der Waals surface area contributed by atoms with E-state index in [1.54, 1.807) is 11.8 Å². The molecule has 0 aromatic rings. The molecule has 2 heterocycles. The molecule has 0 bridgehead atoms. The first-order valence-electron chi connectivity index (χ1n) is 9.51. The molecule has 10 nitrogen and oxygen atoms in total. The van der Waals surface area contributed by atoms with Crippen molar-refractivity contribution < 1.29 is 29.4 Å². The number of urea groups is 1. The minimum atomic E-state index is -1.54. The molecule has 0 aliphatic carbocycles. The summed E-state index contributed by atoms with van der Waals surface area (Å²) < 4.78 is 0. The molecule has 2 aliphatic rings. The summed E-state index contributed by atoms with van der Waals surface area (Å²) in [7, 11) is 0. The number of hydrogen-bond acceptors (Lipinski definition) is 6. The van der Waals surface area contributed by atoms with Gasteiger partial charge in [-0.05, 0) is 38.6 Å². The molecular weight excluding hydrogens is 388 g/mol. The van der Waals surface area contributed by atoms with Crippen molar-refractivity contribution in [3.8, 4) is 0 Å². The van der Waals surface area contributed by atoms with E-state index in [1.165, 1.54) is 0 Å². The van der Waals surface area contributed by atoms with Gasteiger partial charge in [-0.2, -0.15) is 11.8 Å². The number of unbranched alkanes of at least 4 members (excludes halogenated alkanes) is 2. The number of carboxylic acid groups (broad SMARTS) is 2. The minimum Gasteiger partial charge on any atom is -0.480 e. The van der Waals surface area contributed by atoms with E-state index in [0.29, 0.717) is 37.1 Å². The first kappa shape index (κ1) is 22.3. The van der Waals surface area contributed by atoms with Crippen molar-refractivity contribution in [2.45, 2.75) is 68.3 Å². The molecule has 0 aromatic heterocycles. The molecule has 158 valence electrons. The van der Waals surface area contributed by atoms with Crippen molar-refractivity contribution in [3.63, 3.8) is 0 Å². The fourth-order valence-electron chi connectivity index (χ4n) is 3.64. The van der Waals surface area contributed by atoms with Crippen LogP contribution in [0.5, 0.6) is 0 Å². The van der Waals surface area contributed by atoms with Crippen molar-refractivity contribution >= 4 is 35.8 Å². The molecule has 2 aliphatic heterocycles. The third kappa shape index (κ3) is 5.74. The molecule has 2 fully saturated rings. The van der Waals surface area contributed by atoms with Gasteiger partial charge in [-0.25, -0.2) is 19.3 Å². The lowest BCUT2D eigenvalue weighted by atomic mass is 10.0. The van der Waals surface area contributed by atoms with Crippen molar-refractivity contribution in [1.82, 2.24) is 15.5 Å². The lowest BCUT2D eigenvalue weighted by molar-refractivity contribution is -0.148. The second-order valence-corrected chi connectivity index (χ2v) is 8.32. The average Bonchev–Trinajstić information content (AvgIpc) is 3.16. The van der Waals surface area contributed by atoms with Crippen LogP contribution in [0.1, 0.15) is 44.9 Å². The maximum absolute atomic E-state index is 12.4. The van der Waals surface area contributed by atoms with Crippen molar-refractivity contribution in [2.75, 3.05) is 12.3 Å². The van der Waals surface area contributed by atoms with E-state index in [2.05, 4.69) is 10.6 Å². The molecule has 4 atom stereocenters. The molecule has 0 saturated carbocycles. The third-order valence-corrected chi connectivity index (χ3v) is 6.58. The first-order valence-corrected chi connectivity index (χ1v) is 10.6. The number of amides is 4. The summed E-state index contributed by atoms with van der Waals surface area (Å²) in [6, 6.07) is -1.32. The molecule has 6 N–H and O–H groups in total. The third-order valence-electron chi connectivity index (χ3n) is 5.07. The lowest BCUT2D eigenvalue weighted by Crippen LogP contribution is -2.48. The van der Waals surface area contributed by atoms with Crippen molar-refractivity contribution in [2.24, 2.45) is 5.73 Å². The predicted octanol–water partition coefficient (Wildman–Crippen LogP) is 0.801. The fraction of sp³-hybridized carbons (Fsp3) is 0.765. The van der Waals surface area contributed by atoms with Gasteiger partial charge >= 0.3 is 18.1 Å². The van der Waals surface area contributed by atoms with E-state index in [9.17, 15) is 29.4 Å². The number of thioether (sulfide) groups is 1. The van der Waals surface area contributed by atoms with Crippen LogP contribution in [0.4, 0.5) is 9.59 Å². The van der Waals surface area contributed by atoms with E-state index < -0.39 is 24.0 Å². The maximum atomic E-state index is 12.4. The Morgan fingerprint density at radius 1 is 1.18 bits per heavy atom. The van der Waals surface area contributed by atoms with E-state index >= 15 is 0 Å². The summed E-state index contributed by atoms with van der Waals surface area (Å²) in [5.74, 6) is -1.17. The Bertz CT molecular complexity index is 604. The van der Waals surface area contributed by atoms with E-state index in [0.717, 1.165) is 12.2 Å². The summed E-state index contributed by atoms with van der Waals surface area (Å²) in [5, 5.41) is 24.7. The van der Waals surface area contributed by atoms with Crippen LogP contribution in [0.15, 0.2) is 0 Å². The number of aliphatic carboxylic acids is 1. The van der Waals surface area contributed by atoms with Gasteiger partial charge in [0.15, 0.2) is 0 Å². The Kier molecular flexibility index (Phi) is 8.36. The van der Waals surface area contributed by atoms with Gasteiger partial charge in [-0.3, -0.25) is 4.79 Å². The van der Waals surface area contributed by atoms with Crippen LogP contribution < -0.4 is 16.4 Å². The monoisotopic (exact) mass is 416 g/mol. The van der Waals surface area contributed by atoms with Gasteiger partial charge < -0.3 is 26.6 Å². The molecule has 2 saturated heterocycles. The maximum Gasteiger partial charge on any atom is 0.414 e. The zero-order valence-electron chi connectivity index (χ0n) is 15.6. The summed E-state index contributed by atoms with van der Waals surface area (Å²) in [4.78, 5) is 47.1. The molecule has 0 radical (unpaired) electrons. The highest BCUT2D eigenvalue weighted by atomic mass is 32.2. The van der Waals surface area contributed by atoms with Crippen LogP contribution in [-0.4, -0.2) is 74.8 Å². The second-order valence-electron chi connectivity index (χ2n) is 7.05. The number of fused-ring (bicyclic) bond motifs is 1. The van der Waals surface area contributed by atoms with Gasteiger partial charge in [0.25, 0.3) is 0 Å². The SMILES string of the molecule is NCCCC[C@@H](C(=O)O)N(C(=O)O)C(=O)CCCC[C@@H]1SC[C@@H]2NC(=O)N[C@@H]21. The smallest absolute Gasteiger partial charge is 0.414 e. The largest absolute Gasteiger partial charge is 0.480 e. The number of carboxylic acids is 1. The Hall–Kier alpha value is -2.01. The van der Waals surface area contributed by atoms with Gasteiger partial charge in [0.1, 0.15) is 6.04 Å². The van der Waals surface area contributed by atoms with Crippen LogP contribution >= 0.6 is 11.8 Å². The Morgan fingerprint density at radius 3 is 2.57 bits per heavy atom. The Labute approximate surface area is 167 Å². The number of hydrogen-bond donors (Lipinski definition) is 5. The van der Waals surface area contributed by atoms with Crippen LogP contribution in [0.2, 0.25) is 0 Å². The van der Waals surface area contributed by atoms with Gasteiger partial charge in [0, 0.05) is 17.4 Å². The van der Waals surface area contributed by atoms with Crippen molar-refractivity contribution in [1.29, 1.82) is 0 Å². The zero-order valence-corrected chi connectivity index (χ0v) is 16.5. The van der Waals surface area contributed by atoms with E-state index in [1.807, 2.05) is 0 Å². The van der Waals surface area contributed by atoms with E-state index in [4.69, 9.17) is 5.73 Å². The highest BCUT2D eigenvalue weighted by Gasteiger charge is 2.42. The lowest BCUT2D eigenvalue weighted by Gasteiger charge is -2.24. The summed E-state index contributed by atoms with van der Waals surface area (Å²) in [5.41, 5.74) is 5.39. The summed E-state index contributed by atoms with van der Waals surface area (Å²) in [6.45, 7) is 0.379. The summed E-state index contributed by atoms with van der Waals surface area (Å²) >= 11 is 1.77. The fourth-order valence-corrected chi connectivity index (χ4v) is 5.19. The van der Waals surface area contributed by atoms with Gasteiger partial charge in [-0.1, -0.05) is 6.42 Å². The molecule has 11 heteroatoms. The second kappa shape index (κ2) is 10.5. The minimum absolute atomic E-state index is 0.0247. The summed E-state index contributed by atoms with van der Waals surface area (Å²) in [6.07, 6.45) is 1.45. The van der Waals surface area contributed by atoms with Gasteiger partial charge in [-0.15, -0.1) is 0 Å². The number of nitrogens with one attached hydrogen (secondary N) is 2. The van der Waals surface area contributed by atoms with Crippen molar-refractivity contribution in [3.05, 3.63) is 0 Å².